The number of amides is 3. The average Bonchev–Trinajstić information content (AvgIpc) is 3.28. The number of fused-ring (bicyclic) bond motifs is 1. The van der Waals surface area contributed by atoms with E-state index in [4.69, 9.17) is 4.74 Å². The van der Waals surface area contributed by atoms with Crippen LogP contribution in [-0.2, 0) is 11.3 Å². The Balaban J connectivity index is 1.29. The predicted octanol–water partition coefficient (Wildman–Crippen LogP) is 3.66. The summed E-state index contributed by atoms with van der Waals surface area (Å²) in [5, 5.41) is 3.14. The van der Waals surface area contributed by atoms with Gasteiger partial charge in [0.2, 0.25) is 5.91 Å². The Hall–Kier alpha value is -3.52. The van der Waals surface area contributed by atoms with Gasteiger partial charge in [0, 0.05) is 11.1 Å². The fourth-order valence-electron chi connectivity index (χ4n) is 3.05. The van der Waals surface area contributed by atoms with E-state index in [1.807, 2.05) is 31.2 Å². The van der Waals surface area contributed by atoms with E-state index < -0.39 is 0 Å². The van der Waals surface area contributed by atoms with E-state index >= 15 is 0 Å². The lowest BCUT2D eigenvalue weighted by Crippen LogP contribution is -2.28. The molecule has 0 radical (unpaired) electrons. The molecule has 0 saturated carbocycles. The van der Waals surface area contributed by atoms with Crippen molar-refractivity contribution in [2.45, 2.75) is 19.9 Å². The minimum Gasteiger partial charge on any atom is -0.493 e. The molecule has 0 bridgehead atoms. The van der Waals surface area contributed by atoms with Crippen molar-refractivity contribution in [1.29, 1.82) is 0 Å². The molecular formula is C22H19N3O4S. The molecule has 1 aliphatic rings. The zero-order valence-electron chi connectivity index (χ0n) is 16.3. The third kappa shape index (κ3) is 4.23. The van der Waals surface area contributed by atoms with Crippen LogP contribution in [0.4, 0.5) is 5.13 Å². The molecule has 30 heavy (non-hydrogen) atoms. The molecule has 2 heterocycles. The maximum Gasteiger partial charge on any atom is 0.261 e. The van der Waals surface area contributed by atoms with Gasteiger partial charge in [-0.05, 0) is 31.2 Å². The summed E-state index contributed by atoms with van der Waals surface area (Å²) in [4.78, 5) is 43.1. The van der Waals surface area contributed by atoms with E-state index in [1.54, 1.807) is 30.5 Å². The molecule has 8 heteroatoms. The first-order valence-electron chi connectivity index (χ1n) is 9.40. The van der Waals surface area contributed by atoms with Gasteiger partial charge in [0.25, 0.3) is 11.8 Å². The fourth-order valence-corrected chi connectivity index (χ4v) is 3.87. The molecule has 0 saturated heterocycles. The van der Waals surface area contributed by atoms with Crippen LogP contribution in [0, 0.1) is 6.92 Å². The second-order valence-corrected chi connectivity index (χ2v) is 7.95. The highest BCUT2D eigenvalue weighted by Gasteiger charge is 2.35. The summed E-state index contributed by atoms with van der Waals surface area (Å²) >= 11 is 1.23. The molecule has 7 nitrogen and oxygen atoms in total. The monoisotopic (exact) mass is 421 g/mol. The summed E-state index contributed by atoms with van der Waals surface area (Å²) in [5.74, 6) is -0.139. The van der Waals surface area contributed by atoms with Gasteiger partial charge in [-0.25, -0.2) is 4.98 Å². The maximum absolute atomic E-state index is 12.5. The Bertz CT molecular complexity index is 1070. The van der Waals surface area contributed by atoms with Crippen LogP contribution in [-0.4, -0.2) is 34.2 Å². The Morgan fingerprint density at radius 3 is 2.40 bits per heavy atom. The minimum atomic E-state index is -0.317. The van der Waals surface area contributed by atoms with Crippen molar-refractivity contribution in [2.75, 3.05) is 11.9 Å². The molecule has 1 aliphatic heterocycles. The second-order valence-electron chi connectivity index (χ2n) is 6.83. The van der Waals surface area contributed by atoms with Crippen molar-refractivity contribution in [2.24, 2.45) is 0 Å². The highest BCUT2D eigenvalue weighted by atomic mass is 32.1. The Morgan fingerprint density at radius 2 is 1.73 bits per heavy atom. The summed E-state index contributed by atoms with van der Waals surface area (Å²) in [6.07, 6.45) is 1.74. The van der Waals surface area contributed by atoms with Crippen LogP contribution in [0.2, 0.25) is 0 Å². The molecular weight excluding hydrogens is 402 g/mol. The number of aryl methyl sites for hydroxylation is 1. The predicted molar refractivity (Wildman–Crippen MR) is 113 cm³/mol. The van der Waals surface area contributed by atoms with Crippen LogP contribution in [0.1, 0.15) is 37.6 Å². The van der Waals surface area contributed by atoms with E-state index in [2.05, 4.69) is 10.3 Å². The number of hydrogen-bond donors (Lipinski definition) is 1. The fraction of sp³-hybridized carbons (Fsp3) is 0.182. The third-order valence-electron chi connectivity index (χ3n) is 4.61. The zero-order chi connectivity index (χ0) is 21.1. The quantitative estimate of drug-likeness (QED) is 0.588. The average molecular weight is 421 g/mol. The zero-order valence-corrected chi connectivity index (χ0v) is 17.1. The lowest BCUT2D eigenvalue weighted by atomic mass is 10.1. The number of anilines is 1. The number of nitrogens with zero attached hydrogens (tertiary/aromatic N) is 2. The molecule has 0 fully saturated rings. The van der Waals surface area contributed by atoms with Crippen molar-refractivity contribution in [3.8, 4) is 5.75 Å². The van der Waals surface area contributed by atoms with Crippen LogP contribution < -0.4 is 10.1 Å². The van der Waals surface area contributed by atoms with Gasteiger partial charge < -0.3 is 10.1 Å². The van der Waals surface area contributed by atoms with Gasteiger partial charge in [-0.15, -0.1) is 0 Å². The Kier molecular flexibility index (Phi) is 5.58. The summed E-state index contributed by atoms with van der Waals surface area (Å²) in [7, 11) is 0. The van der Waals surface area contributed by atoms with Crippen LogP contribution in [0.5, 0.6) is 5.75 Å². The van der Waals surface area contributed by atoms with Crippen molar-refractivity contribution in [3.63, 3.8) is 0 Å². The number of imide groups is 1. The smallest absolute Gasteiger partial charge is 0.261 e. The molecule has 0 atom stereocenters. The van der Waals surface area contributed by atoms with Crippen LogP contribution in [0.3, 0.4) is 0 Å². The van der Waals surface area contributed by atoms with E-state index in [0.717, 1.165) is 5.56 Å². The van der Waals surface area contributed by atoms with Crippen molar-refractivity contribution in [1.82, 2.24) is 9.88 Å². The number of ether oxygens (including phenoxy) is 1. The second kappa shape index (κ2) is 8.46. The highest BCUT2D eigenvalue weighted by molar-refractivity contribution is 7.15. The van der Waals surface area contributed by atoms with Gasteiger partial charge in [0.1, 0.15) is 5.75 Å². The number of nitrogens with one attached hydrogen (secondary N) is 1. The molecule has 0 spiro atoms. The first kappa shape index (κ1) is 19.8. The topological polar surface area (TPSA) is 88.6 Å². The summed E-state index contributed by atoms with van der Waals surface area (Å²) in [6, 6.07) is 14.4. The number of carbonyl (C=O) groups excluding carboxylic acids is 3. The summed E-state index contributed by atoms with van der Waals surface area (Å²) in [6.45, 7) is 2.37. The molecule has 1 aromatic heterocycles. The molecule has 0 aliphatic carbocycles. The Morgan fingerprint density at radius 1 is 1.07 bits per heavy atom. The Labute approximate surface area is 177 Å². The molecule has 3 amide bonds. The number of carbonyl (C=O) groups is 3. The minimum absolute atomic E-state index is 0.121. The first-order valence-corrected chi connectivity index (χ1v) is 10.2. The lowest BCUT2D eigenvalue weighted by Gasteiger charge is -2.11. The third-order valence-corrected chi connectivity index (χ3v) is 5.51. The summed E-state index contributed by atoms with van der Waals surface area (Å²) in [5.41, 5.74) is 1.96. The molecule has 1 N–H and O–H groups in total. The van der Waals surface area contributed by atoms with Gasteiger partial charge in [-0.2, -0.15) is 0 Å². The van der Waals surface area contributed by atoms with Gasteiger partial charge in [0.15, 0.2) is 5.13 Å². The highest BCUT2D eigenvalue weighted by Crippen LogP contribution is 2.27. The van der Waals surface area contributed by atoms with Crippen molar-refractivity contribution < 1.29 is 19.1 Å². The number of thiazole rings is 1. The van der Waals surface area contributed by atoms with Crippen molar-refractivity contribution in [3.05, 3.63) is 76.3 Å². The molecule has 0 unspecified atom stereocenters. The van der Waals surface area contributed by atoms with E-state index in [1.165, 1.54) is 16.2 Å². The summed E-state index contributed by atoms with van der Waals surface area (Å²) < 4.78 is 5.56. The van der Waals surface area contributed by atoms with Crippen LogP contribution >= 0.6 is 11.3 Å². The van der Waals surface area contributed by atoms with E-state index in [0.29, 0.717) is 26.9 Å². The van der Waals surface area contributed by atoms with Crippen LogP contribution in [0.15, 0.2) is 54.7 Å². The SMILES string of the molecule is Cc1ccc(OCCC(=O)Nc2ncc(CN3C(=O)c4ccccc4C3=O)s2)cc1. The van der Waals surface area contributed by atoms with E-state index in [-0.39, 0.29) is 37.3 Å². The van der Waals surface area contributed by atoms with Crippen LogP contribution in [0.25, 0.3) is 0 Å². The molecule has 152 valence electrons. The van der Waals surface area contributed by atoms with Gasteiger partial charge in [0.05, 0.1) is 30.7 Å². The molecule has 3 aromatic rings. The van der Waals surface area contributed by atoms with Gasteiger partial charge in [-0.1, -0.05) is 41.2 Å². The van der Waals surface area contributed by atoms with E-state index in [9.17, 15) is 14.4 Å². The van der Waals surface area contributed by atoms with Gasteiger partial charge >= 0.3 is 0 Å². The molecule has 4 rings (SSSR count). The van der Waals surface area contributed by atoms with Crippen molar-refractivity contribution >= 4 is 34.2 Å². The number of rotatable bonds is 7. The largest absolute Gasteiger partial charge is 0.493 e. The number of aromatic nitrogens is 1. The first-order chi connectivity index (χ1) is 14.5. The van der Waals surface area contributed by atoms with Gasteiger partial charge in [-0.3, -0.25) is 19.3 Å². The standard InChI is InChI=1S/C22H19N3O4S/c1-14-6-8-15(9-7-14)29-11-10-19(26)24-22-23-12-16(30-22)13-25-20(27)17-4-2-3-5-18(17)21(25)28/h2-9,12H,10-11,13H2,1H3,(H,23,24,26). The molecule has 2 aromatic carbocycles. The maximum atomic E-state index is 12.5. The normalized spacial score (nSPS) is 12.8. The lowest BCUT2D eigenvalue weighted by molar-refractivity contribution is -0.116. The number of hydrogen-bond acceptors (Lipinski definition) is 6. The number of benzene rings is 2.